The van der Waals surface area contributed by atoms with E-state index >= 15 is 0 Å². The molecule has 0 atom stereocenters. The number of hydrogen-bond acceptors (Lipinski definition) is 3. The molecule has 100 valence electrons. The summed E-state index contributed by atoms with van der Waals surface area (Å²) in [6.45, 7) is 0. The molecule has 0 radical (unpaired) electrons. The summed E-state index contributed by atoms with van der Waals surface area (Å²) in [6, 6.07) is 1.71. The van der Waals surface area contributed by atoms with Gasteiger partial charge in [-0.05, 0) is 31.7 Å². The summed E-state index contributed by atoms with van der Waals surface area (Å²) in [5.41, 5.74) is 2.37. The molecule has 0 unspecified atom stereocenters. The fourth-order valence-corrected chi connectivity index (χ4v) is 3.00. The molecule has 1 aliphatic rings. The molecule has 0 aromatic carbocycles. The van der Waals surface area contributed by atoms with Gasteiger partial charge in [0.15, 0.2) is 5.82 Å². The zero-order valence-corrected chi connectivity index (χ0v) is 12.1. The van der Waals surface area contributed by atoms with Crippen LogP contribution in [0.25, 0.3) is 5.82 Å². The predicted molar refractivity (Wildman–Crippen MR) is 77.6 cm³/mol. The highest BCUT2D eigenvalue weighted by Crippen LogP contribution is 2.30. The first-order chi connectivity index (χ1) is 9.20. The maximum Gasteiger partial charge on any atom is 0.159 e. The van der Waals surface area contributed by atoms with E-state index in [2.05, 4.69) is 15.3 Å². The number of anilines is 1. The van der Waals surface area contributed by atoms with Crippen LogP contribution in [0.5, 0.6) is 0 Å². The van der Waals surface area contributed by atoms with Crippen molar-refractivity contribution >= 4 is 29.0 Å². The Morgan fingerprint density at radius 1 is 1.21 bits per heavy atom. The van der Waals surface area contributed by atoms with Gasteiger partial charge in [0.25, 0.3) is 0 Å². The van der Waals surface area contributed by atoms with Gasteiger partial charge in [-0.15, -0.1) is 0 Å². The standard InChI is InChI=1S/C13H14Cl2N4/c1-16-12-8(14)6-9(15)13(18-12)19-7-17-10-4-2-3-5-11(10)19/h6-7H,2-5H2,1H3,(H,16,18). The fourth-order valence-electron chi connectivity index (χ4n) is 2.45. The molecular formula is C13H14Cl2N4. The van der Waals surface area contributed by atoms with Crippen molar-refractivity contribution in [3.8, 4) is 5.82 Å². The summed E-state index contributed by atoms with van der Waals surface area (Å²) in [5.74, 6) is 1.31. The number of fused-ring (bicyclic) bond motifs is 1. The van der Waals surface area contributed by atoms with Crippen molar-refractivity contribution < 1.29 is 0 Å². The first kappa shape index (κ1) is 12.8. The molecule has 0 spiro atoms. The van der Waals surface area contributed by atoms with Gasteiger partial charge < -0.3 is 5.32 Å². The lowest BCUT2D eigenvalue weighted by molar-refractivity contribution is 0.654. The van der Waals surface area contributed by atoms with Crippen LogP contribution in [0.4, 0.5) is 5.82 Å². The van der Waals surface area contributed by atoms with Crippen molar-refractivity contribution in [1.82, 2.24) is 14.5 Å². The van der Waals surface area contributed by atoms with E-state index in [1.54, 1.807) is 19.4 Å². The summed E-state index contributed by atoms with van der Waals surface area (Å²) in [7, 11) is 1.79. The van der Waals surface area contributed by atoms with Gasteiger partial charge in [-0.2, -0.15) is 0 Å². The van der Waals surface area contributed by atoms with E-state index in [0.717, 1.165) is 18.5 Å². The third-order valence-electron chi connectivity index (χ3n) is 3.41. The Hall–Kier alpha value is -1.26. The Morgan fingerprint density at radius 3 is 2.79 bits per heavy atom. The van der Waals surface area contributed by atoms with Crippen LogP contribution in [0.2, 0.25) is 10.0 Å². The van der Waals surface area contributed by atoms with Crippen LogP contribution in [0.15, 0.2) is 12.4 Å². The van der Waals surface area contributed by atoms with Crippen molar-refractivity contribution in [3.63, 3.8) is 0 Å². The van der Waals surface area contributed by atoms with Crippen LogP contribution < -0.4 is 5.32 Å². The smallest absolute Gasteiger partial charge is 0.159 e. The van der Waals surface area contributed by atoms with Gasteiger partial charge in [0.2, 0.25) is 0 Å². The summed E-state index contributed by atoms with van der Waals surface area (Å²) >= 11 is 12.3. The van der Waals surface area contributed by atoms with Crippen LogP contribution in [0, 0.1) is 0 Å². The van der Waals surface area contributed by atoms with Gasteiger partial charge in [0, 0.05) is 12.7 Å². The number of pyridine rings is 1. The highest BCUT2D eigenvalue weighted by atomic mass is 35.5. The Labute approximate surface area is 121 Å². The maximum absolute atomic E-state index is 6.27. The van der Waals surface area contributed by atoms with E-state index in [9.17, 15) is 0 Å². The third-order valence-corrected chi connectivity index (χ3v) is 3.97. The second-order valence-electron chi connectivity index (χ2n) is 4.59. The van der Waals surface area contributed by atoms with Gasteiger partial charge in [0.05, 0.1) is 15.7 Å². The SMILES string of the molecule is CNc1nc(-n2cnc3c2CCCC3)c(Cl)cc1Cl. The lowest BCUT2D eigenvalue weighted by Gasteiger charge is -2.15. The first-order valence-electron chi connectivity index (χ1n) is 6.30. The van der Waals surface area contributed by atoms with Crippen molar-refractivity contribution in [2.45, 2.75) is 25.7 Å². The molecule has 0 fully saturated rings. The van der Waals surface area contributed by atoms with Crippen molar-refractivity contribution in [2.75, 3.05) is 12.4 Å². The molecule has 0 aliphatic heterocycles. The normalized spacial score (nSPS) is 14.3. The summed E-state index contributed by atoms with van der Waals surface area (Å²) in [4.78, 5) is 8.95. The van der Waals surface area contributed by atoms with Crippen LogP contribution in [-0.2, 0) is 12.8 Å². The largest absolute Gasteiger partial charge is 0.372 e. The Balaban J connectivity index is 2.14. The second-order valence-corrected chi connectivity index (χ2v) is 5.40. The molecule has 2 aromatic rings. The maximum atomic E-state index is 6.27. The molecule has 1 aliphatic carbocycles. The zero-order valence-electron chi connectivity index (χ0n) is 10.6. The molecule has 0 saturated carbocycles. The number of aryl methyl sites for hydroxylation is 1. The van der Waals surface area contributed by atoms with E-state index in [-0.39, 0.29) is 0 Å². The molecule has 4 nitrogen and oxygen atoms in total. The first-order valence-corrected chi connectivity index (χ1v) is 7.05. The number of nitrogens with one attached hydrogen (secondary N) is 1. The van der Waals surface area contributed by atoms with E-state index in [1.165, 1.54) is 18.5 Å². The van der Waals surface area contributed by atoms with E-state index < -0.39 is 0 Å². The molecular weight excluding hydrogens is 283 g/mol. The van der Waals surface area contributed by atoms with Crippen LogP contribution in [0.1, 0.15) is 24.2 Å². The molecule has 0 amide bonds. The number of aromatic nitrogens is 3. The third kappa shape index (κ3) is 2.19. The topological polar surface area (TPSA) is 42.7 Å². The fraction of sp³-hybridized carbons (Fsp3) is 0.385. The molecule has 19 heavy (non-hydrogen) atoms. The van der Waals surface area contributed by atoms with Gasteiger partial charge >= 0.3 is 0 Å². The van der Waals surface area contributed by atoms with Crippen LogP contribution in [-0.4, -0.2) is 21.6 Å². The molecule has 2 heterocycles. The quantitative estimate of drug-likeness (QED) is 0.922. The number of nitrogens with zero attached hydrogens (tertiary/aromatic N) is 3. The van der Waals surface area contributed by atoms with E-state index in [0.29, 0.717) is 21.7 Å². The summed E-state index contributed by atoms with van der Waals surface area (Å²) in [6.07, 6.45) is 6.24. The van der Waals surface area contributed by atoms with Crippen molar-refractivity contribution in [2.24, 2.45) is 0 Å². The molecule has 2 aromatic heterocycles. The Bertz CT molecular complexity index is 621. The van der Waals surface area contributed by atoms with Gasteiger partial charge in [-0.25, -0.2) is 9.97 Å². The number of halogens is 2. The van der Waals surface area contributed by atoms with Gasteiger partial charge in [-0.3, -0.25) is 4.57 Å². The molecule has 0 saturated heterocycles. The average Bonchev–Trinajstić information content (AvgIpc) is 2.83. The summed E-state index contributed by atoms with van der Waals surface area (Å²) < 4.78 is 1.98. The number of imidazole rings is 1. The van der Waals surface area contributed by atoms with E-state index in [4.69, 9.17) is 23.2 Å². The van der Waals surface area contributed by atoms with Crippen molar-refractivity contribution in [3.05, 3.63) is 33.8 Å². The number of rotatable bonds is 2. The highest BCUT2D eigenvalue weighted by molar-refractivity contribution is 6.36. The minimum absolute atomic E-state index is 0.519. The zero-order chi connectivity index (χ0) is 13.4. The minimum atomic E-state index is 0.519. The van der Waals surface area contributed by atoms with Crippen molar-refractivity contribution in [1.29, 1.82) is 0 Å². The molecule has 3 rings (SSSR count). The Kier molecular flexibility index (Phi) is 3.37. The minimum Gasteiger partial charge on any atom is -0.372 e. The number of hydrogen-bond donors (Lipinski definition) is 1. The predicted octanol–water partition coefficient (Wildman–Crippen LogP) is 3.49. The molecule has 0 bridgehead atoms. The van der Waals surface area contributed by atoms with Gasteiger partial charge in [0.1, 0.15) is 12.1 Å². The monoisotopic (exact) mass is 296 g/mol. The molecule has 1 N–H and O–H groups in total. The second kappa shape index (κ2) is 5.02. The summed E-state index contributed by atoms with van der Waals surface area (Å²) in [5, 5.41) is 4.02. The lowest BCUT2D eigenvalue weighted by Crippen LogP contribution is -2.09. The van der Waals surface area contributed by atoms with Gasteiger partial charge in [-0.1, -0.05) is 23.2 Å². The van der Waals surface area contributed by atoms with Crippen LogP contribution >= 0.6 is 23.2 Å². The highest BCUT2D eigenvalue weighted by Gasteiger charge is 2.19. The average molecular weight is 297 g/mol. The van der Waals surface area contributed by atoms with Crippen LogP contribution in [0.3, 0.4) is 0 Å². The lowest BCUT2D eigenvalue weighted by atomic mass is 10.0. The Morgan fingerprint density at radius 2 is 2.00 bits per heavy atom. The van der Waals surface area contributed by atoms with E-state index in [1.807, 2.05) is 4.57 Å². The molecule has 6 heteroatoms.